The lowest BCUT2D eigenvalue weighted by atomic mass is 10.00. The first kappa shape index (κ1) is 17.5. The molecule has 0 aliphatic carbocycles. The maximum absolute atomic E-state index is 12.7. The SMILES string of the molecule is Cc1ccc(N2CCCC2=O)c(C(=O)NC(CCO)C(C)C)c1. The van der Waals surface area contributed by atoms with Crippen molar-refractivity contribution in [1.29, 1.82) is 0 Å². The molecule has 5 heteroatoms. The summed E-state index contributed by atoms with van der Waals surface area (Å²) in [6, 6.07) is 5.51. The number of nitrogens with zero attached hydrogens (tertiary/aromatic N) is 1. The van der Waals surface area contributed by atoms with Crippen molar-refractivity contribution >= 4 is 17.5 Å². The third-order valence-corrected chi connectivity index (χ3v) is 4.32. The van der Waals surface area contributed by atoms with Crippen LogP contribution >= 0.6 is 0 Å². The highest BCUT2D eigenvalue weighted by atomic mass is 16.3. The summed E-state index contributed by atoms with van der Waals surface area (Å²) in [5.74, 6) is 0.113. The predicted molar refractivity (Wildman–Crippen MR) is 90.6 cm³/mol. The van der Waals surface area contributed by atoms with Gasteiger partial charge in [0.1, 0.15) is 0 Å². The Bertz CT molecular complexity index is 584. The number of hydrogen-bond donors (Lipinski definition) is 2. The lowest BCUT2D eigenvalue weighted by Gasteiger charge is -2.24. The zero-order valence-electron chi connectivity index (χ0n) is 14.1. The van der Waals surface area contributed by atoms with Crippen LogP contribution in [0, 0.1) is 12.8 Å². The highest BCUT2D eigenvalue weighted by Gasteiger charge is 2.27. The number of anilines is 1. The fraction of sp³-hybridized carbons (Fsp3) is 0.556. The third kappa shape index (κ3) is 4.10. The van der Waals surface area contributed by atoms with Crippen LogP contribution in [-0.4, -0.2) is 36.1 Å². The van der Waals surface area contributed by atoms with Gasteiger partial charge in [0.05, 0.1) is 11.3 Å². The van der Waals surface area contributed by atoms with E-state index in [1.165, 1.54) is 0 Å². The molecular weight excluding hydrogens is 292 g/mol. The largest absolute Gasteiger partial charge is 0.396 e. The van der Waals surface area contributed by atoms with Gasteiger partial charge in [0.15, 0.2) is 0 Å². The number of amides is 2. The summed E-state index contributed by atoms with van der Waals surface area (Å²) in [6.07, 6.45) is 1.88. The van der Waals surface area contributed by atoms with E-state index in [1.807, 2.05) is 39.0 Å². The minimum Gasteiger partial charge on any atom is -0.396 e. The second-order valence-corrected chi connectivity index (χ2v) is 6.51. The van der Waals surface area contributed by atoms with Gasteiger partial charge in [-0.25, -0.2) is 0 Å². The number of aliphatic hydroxyl groups is 1. The molecule has 1 aromatic rings. The van der Waals surface area contributed by atoms with Gasteiger partial charge >= 0.3 is 0 Å². The second kappa shape index (κ2) is 7.59. The molecule has 0 saturated carbocycles. The molecule has 0 radical (unpaired) electrons. The van der Waals surface area contributed by atoms with E-state index in [9.17, 15) is 14.7 Å². The Hall–Kier alpha value is -1.88. The number of nitrogens with one attached hydrogen (secondary N) is 1. The lowest BCUT2D eigenvalue weighted by molar-refractivity contribution is -0.117. The number of aryl methyl sites for hydroxylation is 1. The summed E-state index contributed by atoms with van der Waals surface area (Å²) in [4.78, 5) is 26.5. The first-order valence-electron chi connectivity index (χ1n) is 8.26. The van der Waals surface area contributed by atoms with Crippen molar-refractivity contribution in [3.05, 3.63) is 29.3 Å². The molecule has 0 spiro atoms. The molecule has 0 aromatic heterocycles. The van der Waals surface area contributed by atoms with Crippen molar-refractivity contribution in [2.24, 2.45) is 5.92 Å². The van der Waals surface area contributed by atoms with E-state index in [0.29, 0.717) is 30.6 Å². The molecule has 2 rings (SSSR count). The van der Waals surface area contributed by atoms with E-state index < -0.39 is 0 Å². The fourth-order valence-electron chi connectivity index (χ4n) is 2.93. The average molecular weight is 318 g/mol. The molecule has 1 aliphatic rings. The Morgan fingerprint density at radius 1 is 1.39 bits per heavy atom. The maximum atomic E-state index is 12.7. The van der Waals surface area contributed by atoms with Gasteiger partial charge in [0, 0.05) is 25.6 Å². The second-order valence-electron chi connectivity index (χ2n) is 6.51. The van der Waals surface area contributed by atoms with E-state index in [2.05, 4.69) is 5.32 Å². The number of benzene rings is 1. The molecule has 1 aliphatic heterocycles. The van der Waals surface area contributed by atoms with E-state index in [0.717, 1.165) is 12.0 Å². The van der Waals surface area contributed by atoms with Gasteiger partial charge in [-0.2, -0.15) is 0 Å². The highest BCUT2D eigenvalue weighted by Crippen LogP contribution is 2.27. The topological polar surface area (TPSA) is 69.6 Å². The minimum absolute atomic E-state index is 0.0361. The van der Waals surface area contributed by atoms with Gasteiger partial charge in [-0.05, 0) is 37.8 Å². The molecule has 1 heterocycles. The smallest absolute Gasteiger partial charge is 0.253 e. The van der Waals surface area contributed by atoms with Gasteiger partial charge < -0.3 is 15.3 Å². The molecule has 1 saturated heterocycles. The predicted octanol–water partition coefficient (Wildman–Crippen LogP) is 2.26. The quantitative estimate of drug-likeness (QED) is 0.845. The highest BCUT2D eigenvalue weighted by molar-refractivity contribution is 6.05. The van der Waals surface area contributed by atoms with Crippen LogP contribution in [0.15, 0.2) is 18.2 Å². The van der Waals surface area contributed by atoms with E-state index in [4.69, 9.17) is 0 Å². The average Bonchev–Trinajstić information content (AvgIpc) is 2.92. The molecular formula is C18H26N2O3. The molecule has 1 atom stereocenters. The third-order valence-electron chi connectivity index (χ3n) is 4.32. The summed E-state index contributed by atoms with van der Waals surface area (Å²) in [5, 5.41) is 12.2. The normalized spacial score (nSPS) is 16.0. The van der Waals surface area contributed by atoms with Crippen LogP contribution in [0.5, 0.6) is 0 Å². The van der Waals surface area contributed by atoms with Crippen LogP contribution in [0.4, 0.5) is 5.69 Å². The molecule has 2 amide bonds. The standard InChI is InChI=1S/C18H26N2O3/c1-12(2)15(8-10-21)19-18(23)14-11-13(3)6-7-16(14)20-9-4-5-17(20)22/h6-7,11-12,15,21H,4-5,8-10H2,1-3H3,(H,19,23). The zero-order chi connectivity index (χ0) is 17.0. The molecule has 23 heavy (non-hydrogen) atoms. The summed E-state index contributed by atoms with van der Waals surface area (Å²) in [7, 11) is 0. The number of rotatable bonds is 6. The van der Waals surface area contributed by atoms with Crippen LogP contribution in [0.25, 0.3) is 0 Å². The van der Waals surface area contributed by atoms with Crippen LogP contribution in [0.1, 0.15) is 49.0 Å². The number of aliphatic hydroxyl groups excluding tert-OH is 1. The van der Waals surface area contributed by atoms with Crippen molar-refractivity contribution < 1.29 is 14.7 Å². The Labute approximate surface area is 137 Å². The van der Waals surface area contributed by atoms with Crippen LogP contribution < -0.4 is 10.2 Å². The van der Waals surface area contributed by atoms with Crippen LogP contribution in [-0.2, 0) is 4.79 Å². The van der Waals surface area contributed by atoms with Gasteiger partial charge in [-0.15, -0.1) is 0 Å². The Balaban J connectivity index is 2.28. The Morgan fingerprint density at radius 2 is 2.13 bits per heavy atom. The molecule has 1 unspecified atom stereocenters. The molecule has 5 nitrogen and oxygen atoms in total. The molecule has 1 fully saturated rings. The van der Waals surface area contributed by atoms with E-state index in [-0.39, 0.29) is 30.4 Å². The van der Waals surface area contributed by atoms with Gasteiger partial charge in [0.25, 0.3) is 5.91 Å². The summed E-state index contributed by atoms with van der Waals surface area (Å²) in [6.45, 7) is 6.66. The summed E-state index contributed by atoms with van der Waals surface area (Å²) in [5.41, 5.74) is 2.19. The van der Waals surface area contributed by atoms with Crippen molar-refractivity contribution in [3.8, 4) is 0 Å². The van der Waals surface area contributed by atoms with E-state index in [1.54, 1.807) is 4.90 Å². The van der Waals surface area contributed by atoms with Crippen molar-refractivity contribution in [1.82, 2.24) is 5.32 Å². The number of hydrogen-bond acceptors (Lipinski definition) is 3. The molecule has 126 valence electrons. The molecule has 0 bridgehead atoms. The number of carbonyl (C=O) groups is 2. The van der Waals surface area contributed by atoms with Crippen LogP contribution in [0.2, 0.25) is 0 Å². The Kier molecular flexibility index (Phi) is 5.77. The van der Waals surface area contributed by atoms with Crippen LogP contribution in [0.3, 0.4) is 0 Å². The van der Waals surface area contributed by atoms with Crippen molar-refractivity contribution in [3.63, 3.8) is 0 Å². The fourth-order valence-corrected chi connectivity index (χ4v) is 2.93. The maximum Gasteiger partial charge on any atom is 0.253 e. The van der Waals surface area contributed by atoms with Crippen molar-refractivity contribution in [2.45, 2.75) is 46.1 Å². The van der Waals surface area contributed by atoms with Gasteiger partial charge in [-0.3, -0.25) is 9.59 Å². The van der Waals surface area contributed by atoms with Gasteiger partial charge in [-0.1, -0.05) is 25.5 Å². The Morgan fingerprint density at radius 3 is 2.70 bits per heavy atom. The minimum atomic E-state index is -0.185. The van der Waals surface area contributed by atoms with Crippen molar-refractivity contribution in [2.75, 3.05) is 18.1 Å². The number of carbonyl (C=O) groups excluding carboxylic acids is 2. The first-order valence-corrected chi connectivity index (χ1v) is 8.26. The van der Waals surface area contributed by atoms with Gasteiger partial charge in [0.2, 0.25) is 5.91 Å². The summed E-state index contributed by atoms with van der Waals surface area (Å²) >= 11 is 0. The first-order chi connectivity index (χ1) is 10.9. The summed E-state index contributed by atoms with van der Waals surface area (Å²) < 4.78 is 0. The molecule has 1 aromatic carbocycles. The molecule has 2 N–H and O–H groups in total. The van der Waals surface area contributed by atoms with E-state index >= 15 is 0 Å². The lowest BCUT2D eigenvalue weighted by Crippen LogP contribution is -2.40. The zero-order valence-corrected chi connectivity index (χ0v) is 14.1. The monoisotopic (exact) mass is 318 g/mol.